The van der Waals surface area contributed by atoms with Crippen molar-refractivity contribution in [3.63, 3.8) is 0 Å². The van der Waals surface area contributed by atoms with Crippen LogP contribution in [0.1, 0.15) is 21.5 Å². The normalized spacial score (nSPS) is 10.8. The summed E-state index contributed by atoms with van der Waals surface area (Å²) in [5.74, 6) is -1.63. The van der Waals surface area contributed by atoms with Crippen LogP contribution < -0.4 is 11.2 Å². The Balaban J connectivity index is 0.000000271. The smallest absolute Gasteiger partial charge is 0.340 e. The summed E-state index contributed by atoms with van der Waals surface area (Å²) in [7, 11) is -2.50. The topological polar surface area (TPSA) is 231 Å². The third kappa shape index (κ3) is 6.45. The number of H-pyrrole nitrogens is 1. The summed E-state index contributed by atoms with van der Waals surface area (Å²) in [5, 5.41) is 24.0. The van der Waals surface area contributed by atoms with Gasteiger partial charge in [0.25, 0.3) is 16.9 Å². The van der Waals surface area contributed by atoms with E-state index in [1.54, 1.807) is 0 Å². The van der Waals surface area contributed by atoms with Crippen LogP contribution in [0.25, 0.3) is 10.9 Å². The highest BCUT2D eigenvalue weighted by Crippen LogP contribution is 2.29. The van der Waals surface area contributed by atoms with Crippen molar-refractivity contribution >= 4 is 43.8 Å². The minimum Gasteiger partial charge on any atom is -0.465 e. The van der Waals surface area contributed by atoms with E-state index in [4.69, 9.17) is 0 Å². The first-order chi connectivity index (χ1) is 17.1. The average molecular weight is 537 g/mol. The number of carbonyl (C=O) groups excluding carboxylic acids is 1. The number of nitroso groups, excluding NO2 is 1. The summed E-state index contributed by atoms with van der Waals surface area (Å²) in [4.78, 5) is 68.2. The van der Waals surface area contributed by atoms with Crippen molar-refractivity contribution in [1.82, 2.24) is 9.55 Å². The number of rotatable bonds is 6. The predicted octanol–water partition coefficient (Wildman–Crippen LogP) is 2.00. The molecule has 16 nitrogen and oxygen atoms in total. The van der Waals surface area contributed by atoms with Gasteiger partial charge in [-0.25, -0.2) is 22.6 Å². The number of nitro groups is 2. The lowest BCUT2D eigenvalue weighted by Crippen LogP contribution is -2.37. The van der Waals surface area contributed by atoms with Crippen LogP contribution in [0.3, 0.4) is 0 Å². The van der Waals surface area contributed by atoms with Crippen LogP contribution in [0.2, 0.25) is 0 Å². The SMILES string of the molecule is COC(=O)c1cc([N+](=O)[O-])c(C)cc1N=O.Cc1cc2[nH]c(=O)n(CS(C)(=O)=O)c(=O)c2cc1[N+](=O)[O-]. The van der Waals surface area contributed by atoms with E-state index in [-0.39, 0.29) is 44.7 Å². The Kier molecular flexibility index (Phi) is 8.34. The Morgan fingerprint density at radius 1 is 1.05 bits per heavy atom. The zero-order valence-electron chi connectivity index (χ0n) is 19.7. The van der Waals surface area contributed by atoms with Gasteiger partial charge in [0.05, 0.1) is 33.4 Å². The molecule has 3 aromatic rings. The Labute approximate surface area is 206 Å². The standard InChI is InChI=1S/C11H11N3O6S.C9H8N2O5/c1-6-3-8-7(4-9(6)14(17)18)10(15)13(11(16)12-8)5-21(2,19)20;1-5-3-7(10-13)6(9(12)16-2)4-8(5)11(14)15/h3-4H,5H2,1-2H3,(H,12,16);3-4H,1-2H3. The summed E-state index contributed by atoms with van der Waals surface area (Å²) in [6, 6.07) is 4.50. The molecule has 0 saturated heterocycles. The Hall–Kier alpha value is -4.80. The van der Waals surface area contributed by atoms with Gasteiger partial charge < -0.3 is 9.72 Å². The number of aromatic nitrogens is 2. The molecular formula is C20H19N5O11S. The molecule has 17 heteroatoms. The van der Waals surface area contributed by atoms with Gasteiger partial charge in [-0.1, -0.05) is 0 Å². The molecule has 0 amide bonds. The number of nitro benzene ring substituents is 2. The molecule has 2 aromatic carbocycles. The van der Waals surface area contributed by atoms with Crippen LogP contribution in [0.4, 0.5) is 17.1 Å². The van der Waals surface area contributed by atoms with E-state index in [0.717, 1.165) is 25.5 Å². The van der Waals surface area contributed by atoms with Crippen molar-refractivity contribution in [1.29, 1.82) is 0 Å². The molecule has 0 aliphatic carbocycles. The lowest BCUT2D eigenvalue weighted by atomic mass is 10.1. The van der Waals surface area contributed by atoms with Crippen LogP contribution in [0.5, 0.6) is 0 Å². The molecule has 1 N–H and O–H groups in total. The van der Waals surface area contributed by atoms with E-state index < -0.39 is 42.8 Å². The number of ether oxygens (including phenoxy) is 1. The number of sulfone groups is 1. The van der Waals surface area contributed by atoms with Gasteiger partial charge in [-0.05, 0) is 31.2 Å². The maximum atomic E-state index is 12.2. The van der Waals surface area contributed by atoms with Crippen molar-refractivity contribution in [2.45, 2.75) is 19.7 Å². The van der Waals surface area contributed by atoms with Crippen molar-refractivity contribution < 1.29 is 27.8 Å². The van der Waals surface area contributed by atoms with Crippen LogP contribution in [0, 0.1) is 39.0 Å². The monoisotopic (exact) mass is 537 g/mol. The highest BCUT2D eigenvalue weighted by Gasteiger charge is 2.21. The minimum atomic E-state index is -3.62. The first-order valence-electron chi connectivity index (χ1n) is 9.91. The van der Waals surface area contributed by atoms with E-state index >= 15 is 0 Å². The molecular weight excluding hydrogens is 518 g/mol. The number of fused-ring (bicyclic) bond motifs is 1. The molecule has 0 saturated carbocycles. The van der Waals surface area contributed by atoms with Gasteiger partial charge in [-0.2, -0.15) is 0 Å². The Morgan fingerprint density at radius 2 is 1.59 bits per heavy atom. The molecule has 0 unspecified atom stereocenters. The molecule has 1 aromatic heterocycles. The van der Waals surface area contributed by atoms with Gasteiger partial charge in [-0.3, -0.25) is 25.0 Å². The van der Waals surface area contributed by atoms with Crippen molar-refractivity contribution in [2.75, 3.05) is 13.4 Å². The van der Waals surface area contributed by atoms with Gasteiger partial charge in [0.15, 0.2) is 9.84 Å². The third-order valence-corrected chi connectivity index (χ3v) is 5.60. The zero-order valence-corrected chi connectivity index (χ0v) is 20.5. The molecule has 1 heterocycles. The average Bonchev–Trinajstić information content (AvgIpc) is 2.80. The second kappa shape index (κ2) is 10.9. The Bertz CT molecular complexity index is 1670. The second-order valence-electron chi connectivity index (χ2n) is 7.66. The first kappa shape index (κ1) is 28.4. The van der Waals surface area contributed by atoms with Gasteiger partial charge in [0.1, 0.15) is 11.6 Å². The first-order valence-corrected chi connectivity index (χ1v) is 12.0. The van der Waals surface area contributed by atoms with Crippen LogP contribution in [-0.2, 0) is 20.5 Å². The number of aryl methyl sites for hydroxylation is 2. The minimum absolute atomic E-state index is 0.115. The maximum absolute atomic E-state index is 12.2. The lowest BCUT2D eigenvalue weighted by molar-refractivity contribution is -0.385. The highest BCUT2D eigenvalue weighted by molar-refractivity contribution is 7.89. The maximum Gasteiger partial charge on any atom is 0.340 e. The summed E-state index contributed by atoms with van der Waals surface area (Å²) >= 11 is 0. The van der Waals surface area contributed by atoms with E-state index in [1.165, 1.54) is 26.0 Å². The fourth-order valence-electron chi connectivity index (χ4n) is 3.17. The molecule has 0 bridgehead atoms. The van der Waals surface area contributed by atoms with Gasteiger partial charge >= 0.3 is 11.7 Å². The summed E-state index contributed by atoms with van der Waals surface area (Å²) < 4.78 is 27.4. The van der Waals surface area contributed by atoms with E-state index in [1.807, 2.05) is 0 Å². The van der Waals surface area contributed by atoms with Crippen molar-refractivity contribution in [2.24, 2.45) is 5.18 Å². The molecule has 0 aliphatic rings. The number of methoxy groups -OCH3 is 1. The van der Waals surface area contributed by atoms with Gasteiger partial charge in [0.2, 0.25) is 0 Å². The molecule has 0 radical (unpaired) electrons. The summed E-state index contributed by atoms with van der Waals surface area (Å²) in [6.45, 7) is 2.92. The van der Waals surface area contributed by atoms with E-state index in [0.29, 0.717) is 4.57 Å². The molecule has 196 valence electrons. The van der Waals surface area contributed by atoms with Crippen molar-refractivity contribution in [3.05, 3.63) is 86.9 Å². The van der Waals surface area contributed by atoms with Crippen LogP contribution in [0.15, 0.2) is 39.0 Å². The molecule has 3 rings (SSSR count). The van der Waals surface area contributed by atoms with Gasteiger partial charge in [0, 0.05) is 29.5 Å². The predicted molar refractivity (Wildman–Crippen MR) is 130 cm³/mol. The molecule has 37 heavy (non-hydrogen) atoms. The fourth-order valence-corrected chi connectivity index (χ4v) is 3.88. The number of nitrogens with one attached hydrogen (secondary N) is 1. The Morgan fingerprint density at radius 3 is 2.08 bits per heavy atom. The summed E-state index contributed by atoms with van der Waals surface area (Å²) in [5.41, 5.74) is -2.03. The van der Waals surface area contributed by atoms with Gasteiger partial charge in [-0.15, -0.1) is 4.91 Å². The third-order valence-electron chi connectivity index (χ3n) is 4.87. The lowest BCUT2D eigenvalue weighted by Gasteiger charge is -2.06. The second-order valence-corrected chi connectivity index (χ2v) is 9.77. The number of hydrogen-bond donors (Lipinski definition) is 1. The highest BCUT2D eigenvalue weighted by atomic mass is 32.2. The quantitative estimate of drug-likeness (QED) is 0.207. The molecule has 0 spiro atoms. The summed E-state index contributed by atoms with van der Waals surface area (Å²) in [6.07, 6.45) is 0.876. The number of esters is 1. The molecule has 0 atom stereocenters. The molecule has 0 aliphatic heterocycles. The largest absolute Gasteiger partial charge is 0.465 e. The number of carbonyl (C=O) groups is 1. The number of hydrogen-bond acceptors (Lipinski definition) is 12. The van der Waals surface area contributed by atoms with E-state index in [9.17, 15) is 47.9 Å². The van der Waals surface area contributed by atoms with E-state index in [2.05, 4.69) is 14.9 Å². The zero-order chi connectivity index (χ0) is 28.2. The number of nitrogens with zero attached hydrogens (tertiary/aromatic N) is 4. The molecule has 0 fully saturated rings. The van der Waals surface area contributed by atoms with Crippen molar-refractivity contribution in [3.8, 4) is 0 Å². The van der Waals surface area contributed by atoms with Crippen LogP contribution in [-0.4, -0.2) is 47.2 Å². The number of aromatic amines is 1. The fraction of sp³-hybridized carbons (Fsp3) is 0.250. The van der Waals surface area contributed by atoms with Crippen LogP contribution >= 0.6 is 0 Å². The number of benzene rings is 2.